The molecule has 2 rings (SSSR count). The number of hydrogen-bond donors (Lipinski definition) is 2. The minimum Gasteiger partial charge on any atom is -0.495 e. The number of methoxy groups -OCH3 is 1. The van der Waals surface area contributed by atoms with Crippen molar-refractivity contribution in [1.82, 2.24) is 10.0 Å². The van der Waals surface area contributed by atoms with Crippen LogP contribution in [0.15, 0.2) is 51.8 Å². The summed E-state index contributed by atoms with van der Waals surface area (Å²) in [6.07, 6.45) is 0. The molecule has 0 saturated carbocycles. The number of sulfonamides is 1. The molecule has 0 fully saturated rings. The van der Waals surface area contributed by atoms with Crippen molar-refractivity contribution in [1.29, 1.82) is 0 Å². The van der Waals surface area contributed by atoms with E-state index in [-0.39, 0.29) is 28.2 Å². The van der Waals surface area contributed by atoms with E-state index in [1.54, 1.807) is 0 Å². The summed E-state index contributed by atoms with van der Waals surface area (Å²) >= 11 is 3.40. The van der Waals surface area contributed by atoms with E-state index < -0.39 is 10.0 Å². The smallest absolute Gasteiger partial charge is 0.251 e. The third-order valence-corrected chi connectivity index (χ3v) is 5.61. The summed E-state index contributed by atoms with van der Waals surface area (Å²) < 4.78 is 32.4. The molecule has 0 spiro atoms. The van der Waals surface area contributed by atoms with Gasteiger partial charge in [-0.05, 0) is 49.9 Å². The molecule has 6 nitrogen and oxygen atoms in total. The van der Waals surface area contributed by atoms with Crippen LogP contribution < -0.4 is 14.8 Å². The van der Waals surface area contributed by atoms with Gasteiger partial charge in [0.05, 0.1) is 13.2 Å². The Labute approximate surface area is 155 Å². The van der Waals surface area contributed by atoms with Crippen LogP contribution in [0.3, 0.4) is 0 Å². The van der Waals surface area contributed by atoms with E-state index in [1.807, 2.05) is 31.2 Å². The van der Waals surface area contributed by atoms with E-state index in [4.69, 9.17) is 4.74 Å². The average Bonchev–Trinajstić information content (AvgIpc) is 2.61. The number of rotatable bonds is 6. The molecule has 1 atom stereocenters. The highest BCUT2D eigenvalue weighted by atomic mass is 79.9. The molecule has 0 heterocycles. The minimum absolute atomic E-state index is 0.0831. The number of hydrogen-bond acceptors (Lipinski definition) is 4. The molecule has 2 aromatic rings. The van der Waals surface area contributed by atoms with Gasteiger partial charge in [0.15, 0.2) is 0 Å². The van der Waals surface area contributed by atoms with E-state index in [0.29, 0.717) is 0 Å². The number of nitrogens with one attached hydrogen (secondary N) is 2. The fourth-order valence-corrected chi connectivity index (χ4v) is 3.61. The summed E-state index contributed by atoms with van der Waals surface area (Å²) in [5, 5.41) is 2.86. The summed E-state index contributed by atoms with van der Waals surface area (Å²) in [6, 6.07) is 11.6. The van der Waals surface area contributed by atoms with Crippen molar-refractivity contribution in [3.63, 3.8) is 0 Å². The maximum atomic E-state index is 12.5. The average molecular weight is 427 g/mol. The first-order valence-corrected chi connectivity index (χ1v) is 9.74. The zero-order valence-corrected chi connectivity index (χ0v) is 16.4. The zero-order chi connectivity index (χ0) is 18.6. The number of ether oxygens (including phenoxy) is 1. The van der Waals surface area contributed by atoms with Crippen LogP contribution in [-0.4, -0.2) is 28.5 Å². The summed E-state index contributed by atoms with van der Waals surface area (Å²) in [5.74, 6) is -0.200. The van der Waals surface area contributed by atoms with E-state index in [2.05, 4.69) is 26.0 Å². The minimum atomic E-state index is -3.74. The molecule has 0 bridgehead atoms. The van der Waals surface area contributed by atoms with Crippen LogP contribution in [0, 0.1) is 0 Å². The Morgan fingerprint density at radius 1 is 1.20 bits per heavy atom. The van der Waals surface area contributed by atoms with Gasteiger partial charge in [-0.1, -0.05) is 28.1 Å². The number of carbonyl (C=O) groups is 1. The molecule has 2 aromatic carbocycles. The zero-order valence-electron chi connectivity index (χ0n) is 14.0. The summed E-state index contributed by atoms with van der Waals surface area (Å²) in [7, 11) is -1.07. The topological polar surface area (TPSA) is 84.5 Å². The van der Waals surface area contributed by atoms with Gasteiger partial charge in [-0.2, -0.15) is 0 Å². The maximum absolute atomic E-state index is 12.5. The number of benzene rings is 2. The lowest BCUT2D eigenvalue weighted by Gasteiger charge is -2.16. The second-order valence-electron chi connectivity index (χ2n) is 5.32. The van der Waals surface area contributed by atoms with Gasteiger partial charge in [0.1, 0.15) is 10.6 Å². The van der Waals surface area contributed by atoms with Crippen molar-refractivity contribution in [2.24, 2.45) is 0 Å². The highest BCUT2D eigenvalue weighted by Crippen LogP contribution is 2.25. The maximum Gasteiger partial charge on any atom is 0.251 e. The first kappa shape index (κ1) is 19.4. The van der Waals surface area contributed by atoms with Crippen molar-refractivity contribution in [2.45, 2.75) is 17.9 Å². The molecule has 0 aliphatic rings. The van der Waals surface area contributed by atoms with Crippen LogP contribution in [0.5, 0.6) is 5.75 Å². The van der Waals surface area contributed by atoms with Gasteiger partial charge in [-0.25, -0.2) is 13.1 Å². The first-order valence-electron chi connectivity index (χ1n) is 7.46. The van der Waals surface area contributed by atoms with E-state index in [1.165, 1.54) is 32.4 Å². The van der Waals surface area contributed by atoms with Crippen LogP contribution in [-0.2, 0) is 10.0 Å². The summed E-state index contributed by atoms with van der Waals surface area (Å²) in [6.45, 7) is 1.86. The Balaban J connectivity index is 2.29. The molecule has 0 aliphatic carbocycles. The van der Waals surface area contributed by atoms with Gasteiger partial charge < -0.3 is 10.1 Å². The predicted octanol–water partition coefficient (Wildman–Crippen LogP) is 2.86. The molecule has 8 heteroatoms. The number of carbonyl (C=O) groups excluding carboxylic acids is 1. The second-order valence-corrected chi connectivity index (χ2v) is 8.09. The lowest BCUT2D eigenvalue weighted by Crippen LogP contribution is -2.27. The van der Waals surface area contributed by atoms with Crippen LogP contribution in [0.4, 0.5) is 0 Å². The lowest BCUT2D eigenvalue weighted by molar-refractivity contribution is 0.0939. The SMILES string of the molecule is CNS(=O)(=O)c1cc(C(=O)NC(C)c2cccc(Br)c2)ccc1OC. The standard InChI is InChI=1S/C17H19BrN2O4S/c1-11(12-5-4-6-14(18)9-12)20-17(21)13-7-8-15(24-3)16(10-13)25(22,23)19-2/h4-11,19H,1-3H3,(H,20,21). The molecular weight excluding hydrogens is 408 g/mol. The molecule has 134 valence electrons. The Hall–Kier alpha value is -1.90. The second kappa shape index (κ2) is 7.99. The summed E-state index contributed by atoms with van der Waals surface area (Å²) in [4.78, 5) is 12.4. The number of halogens is 1. The Kier molecular flexibility index (Phi) is 6.21. The molecule has 0 aromatic heterocycles. The molecule has 0 aliphatic heterocycles. The third kappa shape index (κ3) is 4.59. The Morgan fingerprint density at radius 3 is 2.52 bits per heavy atom. The fraction of sp³-hybridized carbons (Fsp3) is 0.235. The Morgan fingerprint density at radius 2 is 1.92 bits per heavy atom. The van der Waals surface area contributed by atoms with Crippen molar-refractivity contribution in [3.8, 4) is 5.75 Å². The predicted molar refractivity (Wildman–Crippen MR) is 99.3 cm³/mol. The molecule has 0 saturated heterocycles. The van der Waals surface area contributed by atoms with Gasteiger partial charge in [-0.3, -0.25) is 4.79 Å². The van der Waals surface area contributed by atoms with Gasteiger partial charge in [0, 0.05) is 10.0 Å². The van der Waals surface area contributed by atoms with E-state index >= 15 is 0 Å². The van der Waals surface area contributed by atoms with Crippen LogP contribution >= 0.6 is 15.9 Å². The van der Waals surface area contributed by atoms with Gasteiger partial charge in [-0.15, -0.1) is 0 Å². The molecule has 0 radical (unpaired) electrons. The van der Waals surface area contributed by atoms with Gasteiger partial charge >= 0.3 is 0 Å². The third-order valence-electron chi connectivity index (χ3n) is 3.68. The van der Waals surface area contributed by atoms with Gasteiger partial charge in [0.2, 0.25) is 10.0 Å². The van der Waals surface area contributed by atoms with Crippen LogP contribution in [0.2, 0.25) is 0 Å². The highest BCUT2D eigenvalue weighted by molar-refractivity contribution is 9.10. The van der Waals surface area contributed by atoms with Crippen molar-refractivity contribution in [2.75, 3.05) is 14.2 Å². The highest BCUT2D eigenvalue weighted by Gasteiger charge is 2.21. The van der Waals surface area contributed by atoms with Crippen molar-refractivity contribution in [3.05, 3.63) is 58.1 Å². The largest absolute Gasteiger partial charge is 0.495 e. The first-order chi connectivity index (χ1) is 11.8. The molecule has 1 unspecified atom stereocenters. The molecule has 1 amide bonds. The van der Waals surface area contributed by atoms with Gasteiger partial charge in [0.25, 0.3) is 5.91 Å². The fourth-order valence-electron chi connectivity index (χ4n) is 2.28. The monoisotopic (exact) mass is 426 g/mol. The lowest BCUT2D eigenvalue weighted by atomic mass is 10.1. The Bertz CT molecular complexity index is 884. The molecular formula is C17H19BrN2O4S. The van der Waals surface area contributed by atoms with E-state index in [9.17, 15) is 13.2 Å². The van der Waals surface area contributed by atoms with Crippen LogP contribution in [0.1, 0.15) is 28.9 Å². The van der Waals surface area contributed by atoms with E-state index in [0.717, 1.165) is 10.0 Å². The number of amides is 1. The quantitative estimate of drug-likeness (QED) is 0.743. The summed E-state index contributed by atoms with van der Waals surface area (Å²) in [5.41, 5.74) is 1.16. The normalized spacial score (nSPS) is 12.5. The van der Waals surface area contributed by atoms with Crippen molar-refractivity contribution < 1.29 is 17.9 Å². The van der Waals surface area contributed by atoms with Crippen LogP contribution in [0.25, 0.3) is 0 Å². The molecule has 25 heavy (non-hydrogen) atoms. The molecule has 2 N–H and O–H groups in total. The van der Waals surface area contributed by atoms with Crippen molar-refractivity contribution >= 4 is 31.9 Å².